The number of pyridine rings is 1. The minimum absolute atomic E-state index is 0.309. The normalized spacial score (nSPS) is 12.4. The van der Waals surface area contributed by atoms with Gasteiger partial charge in [-0.15, -0.1) is 0 Å². The molecule has 1 unspecified atom stereocenters. The van der Waals surface area contributed by atoms with E-state index in [0.717, 1.165) is 21.6 Å². The predicted molar refractivity (Wildman–Crippen MR) is 77.3 cm³/mol. The van der Waals surface area contributed by atoms with Gasteiger partial charge in [0.1, 0.15) is 5.03 Å². The largest absolute Gasteiger partial charge is 0.313 e. The summed E-state index contributed by atoms with van der Waals surface area (Å²) in [6, 6.07) is 6.37. The molecule has 2 aromatic heterocycles. The van der Waals surface area contributed by atoms with Crippen molar-refractivity contribution >= 4 is 11.8 Å². The van der Waals surface area contributed by atoms with E-state index in [1.54, 1.807) is 0 Å². The fourth-order valence-electron chi connectivity index (χ4n) is 1.71. The highest BCUT2D eigenvalue weighted by atomic mass is 32.2. The lowest BCUT2D eigenvalue weighted by molar-refractivity contribution is 0.648. The highest BCUT2D eigenvalue weighted by Crippen LogP contribution is 2.24. The minimum Gasteiger partial charge on any atom is -0.313 e. The van der Waals surface area contributed by atoms with Crippen LogP contribution in [-0.4, -0.2) is 22.0 Å². The van der Waals surface area contributed by atoms with Gasteiger partial charge in [-0.25, -0.2) is 15.0 Å². The Morgan fingerprint density at radius 2 is 1.84 bits per heavy atom. The Kier molecular flexibility index (Phi) is 4.50. The fourth-order valence-corrected chi connectivity index (χ4v) is 2.52. The van der Waals surface area contributed by atoms with Crippen molar-refractivity contribution in [1.82, 2.24) is 20.3 Å². The maximum atomic E-state index is 4.45. The van der Waals surface area contributed by atoms with Crippen molar-refractivity contribution in [3.8, 4) is 0 Å². The van der Waals surface area contributed by atoms with Crippen molar-refractivity contribution in [2.75, 3.05) is 7.05 Å². The van der Waals surface area contributed by atoms with Gasteiger partial charge in [-0.05, 0) is 57.3 Å². The van der Waals surface area contributed by atoms with Crippen molar-refractivity contribution < 1.29 is 0 Å². The highest BCUT2D eigenvalue weighted by molar-refractivity contribution is 7.99. The Balaban J connectivity index is 2.15. The molecule has 0 aliphatic heterocycles. The molecule has 2 aromatic rings. The lowest BCUT2D eigenvalue weighted by atomic mass is 10.1. The van der Waals surface area contributed by atoms with Crippen LogP contribution in [0.25, 0.3) is 0 Å². The van der Waals surface area contributed by atoms with E-state index in [9.17, 15) is 0 Å². The van der Waals surface area contributed by atoms with Crippen LogP contribution in [-0.2, 0) is 0 Å². The summed E-state index contributed by atoms with van der Waals surface area (Å²) in [7, 11) is 1.94. The number of hydrogen-bond donors (Lipinski definition) is 1. The molecule has 0 saturated heterocycles. The number of aryl methyl sites for hydroxylation is 2. The Bertz CT molecular complexity index is 534. The molecule has 1 atom stereocenters. The molecular formula is C14H18N4S. The fraction of sp³-hybridized carbons (Fsp3) is 0.357. The Morgan fingerprint density at radius 1 is 1.16 bits per heavy atom. The summed E-state index contributed by atoms with van der Waals surface area (Å²) < 4.78 is 0. The van der Waals surface area contributed by atoms with Gasteiger partial charge in [0.2, 0.25) is 0 Å². The predicted octanol–water partition coefficient (Wildman–Crippen LogP) is 2.92. The van der Waals surface area contributed by atoms with Crippen LogP contribution in [0.15, 0.2) is 34.6 Å². The second-order valence-electron chi connectivity index (χ2n) is 4.48. The van der Waals surface area contributed by atoms with Crippen molar-refractivity contribution in [3.63, 3.8) is 0 Å². The monoisotopic (exact) mass is 274 g/mol. The molecule has 5 heteroatoms. The van der Waals surface area contributed by atoms with Gasteiger partial charge in [0, 0.05) is 23.6 Å². The van der Waals surface area contributed by atoms with Crippen LogP contribution in [0.2, 0.25) is 0 Å². The van der Waals surface area contributed by atoms with E-state index < -0.39 is 0 Å². The first-order valence-corrected chi connectivity index (χ1v) is 7.03. The zero-order valence-corrected chi connectivity index (χ0v) is 12.5. The Hall–Kier alpha value is -1.46. The average Bonchev–Trinajstić information content (AvgIpc) is 2.37. The van der Waals surface area contributed by atoms with Crippen molar-refractivity contribution in [2.45, 2.75) is 37.0 Å². The number of nitrogens with one attached hydrogen (secondary N) is 1. The first kappa shape index (κ1) is 14.0. The molecule has 4 nitrogen and oxygen atoms in total. The van der Waals surface area contributed by atoms with E-state index in [0.29, 0.717) is 6.04 Å². The highest BCUT2D eigenvalue weighted by Gasteiger charge is 2.06. The number of nitrogens with zero attached hydrogens (tertiary/aromatic N) is 3. The van der Waals surface area contributed by atoms with Gasteiger partial charge in [-0.1, -0.05) is 6.07 Å². The Labute approximate surface area is 118 Å². The van der Waals surface area contributed by atoms with Crippen LogP contribution in [0.1, 0.15) is 29.9 Å². The van der Waals surface area contributed by atoms with E-state index in [1.165, 1.54) is 17.3 Å². The lowest BCUT2D eigenvalue weighted by Crippen LogP contribution is -2.12. The molecule has 19 heavy (non-hydrogen) atoms. The number of hydrogen-bond acceptors (Lipinski definition) is 5. The smallest absolute Gasteiger partial charge is 0.194 e. The molecule has 2 heterocycles. The summed E-state index contributed by atoms with van der Waals surface area (Å²) in [5, 5.41) is 4.86. The van der Waals surface area contributed by atoms with Crippen LogP contribution < -0.4 is 5.32 Å². The average molecular weight is 274 g/mol. The maximum Gasteiger partial charge on any atom is 0.194 e. The minimum atomic E-state index is 0.309. The van der Waals surface area contributed by atoms with Crippen LogP contribution >= 0.6 is 11.8 Å². The summed E-state index contributed by atoms with van der Waals surface area (Å²) in [6.45, 7) is 6.06. The molecule has 0 radical (unpaired) electrons. The second kappa shape index (κ2) is 6.12. The molecule has 0 fully saturated rings. The van der Waals surface area contributed by atoms with E-state index in [1.807, 2.05) is 39.2 Å². The third-order valence-electron chi connectivity index (χ3n) is 2.85. The first-order valence-electron chi connectivity index (χ1n) is 6.22. The van der Waals surface area contributed by atoms with Gasteiger partial charge in [-0.2, -0.15) is 0 Å². The zero-order chi connectivity index (χ0) is 13.8. The third kappa shape index (κ3) is 3.75. The van der Waals surface area contributed by atoms with E-state index in [2.05, 4.69) is 33.3 Å². The molecule has 0 spiro atoms. The summed E-state index contributed by atoms with van der Waals surface area (Å²) in [5.74, 6) is 0. The Morgan fingerprint density at radius 3 is 2.37 bits per heavy atom. The second-order valence-corrected chi connectivity index (χ2v) is 5.46. The van der Waals surface area contributed by atoms with Gasteiger partial charge < -0.3 is 5.32 Å². The van der Waals surface area contributed by atoms with E-state index >= 15 is 0 Å². The standard InChI is InChI=1S/C14H18N4S/c1-9-7-10(2)18-14(17-9)19-13-6-5-12(8-16-13)11(3)15-4/h5-8,11,15H,1-4H3. The number of rotatable bonds is 4. The summed E-state index contributed by atoms with van der Waals surface area (Å²) >= 11 is 1.49. The maximum absolute atomic E-state index is 4.45. The summed E-state index contributed by atoms with van der Waals surface area (Å²) in [4.78, 5) is 13.3. The van der Waals surface area contributed by atoms with E-state index in [4.69, 9.17) is 0 Å². The first-order chi connectivity index (χ1) is 9.08. The quantitative estimate of drug-likeness (QED) is 0.869. The van der Waals surface area contributed by atoms with Crippen molar-refractivity contribution in [3.05, 3.63) is 41.3 Å². The SMILES string of the molecule is CNC(C)c1ccc(Sc2nc(C)cc(C)n2)nc1. The zero-order valence-electron chi connectivity index (χ0n) is 11.6. The third-order valence-corrected chi connectivity index (χ3v) is 3.67. The molecule has 0 bridgehead atoms. The van der Waals surface area contributed by atoms with Gasteiger partial charge in [0.25, 0.3) is 0 Å². The van der Waals surface area contributed by atoms with Gasteiger partial charge in [0.05, 0.1) is 0 Å². The molecule has 0 aliphatic carbocycles. The number of aromatic nitrogens is 3. The molecule has 100 valence electrons. The van der Waals surface area contributed by atoms with Gasteiger partial charge in [-0.3, -0.25) is 0 Å². The van der Waals surface area contributed by atoms with Gasteiger partial charge in [0.15, 0.2) is 5.16 Å². The molecule has 2 rings (SSSR count). The van der Waals surface area contributed by atoms with Crippen LogP contribution in [0.5, 0.6) is 0 Å². The summed E-state index contributed by atoms with van der Waals surface area (Å²) in [6.07, 6.45) is 1.89. The molecule has 0 amide bonds. The topological polar surface area (TPSA) is 50.7 Å². The van der Waals surface area contributed by atoms with Crippen molar-refractivity contribution in [2.24, 2.45) is 0 Å². The van der Waals surface area contributed by atoms with Gasteiger partial charge >= 0.3 is 0 Å². The van der Waals surface area contributed by atoms with Crippen LogP contribution in [0, 0.1) is 13.8 Å². The molecule has 0 aliphatic rings. The van der Waals surface area contributed by atoms with E-state index in [-0.39, 0.29) is 0 Å². The van der Waals surface area contributed by atoms with Crippen molar-refractivity contribution in [1.29, 1.82) is 0 Å². The lowest BCUT2D eigenvalue weighted by Gasteiger charge is -2.10. The van der Waals surface area contributed by atoms with Crippen LogP contribution in [0.3, 0.4) is 0 Å². The van der Waals surface area contributed by atoms with Crippen LogP contribution in [0.4, 0.5) is 0 Å². The molecule has 0 aromatic carbocycles. The molecule has 0 saturated carbocycles. The summed E-state index contributed by atoms with van der Waals surface area (Å²) in [5.41, 5.74) is 3.14. The molecule has 1 N–H and O–H groups in total. The molecular weight excluding hydrogens is 256 g/mol.